The lowest BCUT2D eigenvalue weighted by Gasteiger charge is -2.01. The maximum absolute atomic E-state index is 5.48. The first kappa shape index (κ1) is 17.5. The first-order valence-electron chi connectivity index (χ1n) is 8.18. The lowest BCUT2D eigenvalue weighted by molar-refractivity contribution is 0.239. The highest BCUT2D eigenvalue weighted by molar-refractivity contribution is 4.73. The van der Waals surface area contributed by atoms with Crippen molar-refractivity contribution >= 4 is 0 Å². The number of ether oxygens (including phenoxy) is 1. The molecule has 108 valence electrons. The van der Waals surface area contributed by atoms with E-state index in [1.807, 2.05) is 6.26 Å². The van der Waals surface area contributed by atoms with Crippen molar-refractivity contribution in [3.8, 4) is 0 Å². The van der Waals surface area contributed by atoms with Crippen LogP contribution in [0.5, 0.6) is 0 Å². The van der Waals surface area contributed by atoms with Crippen LogP contribution in [0.4, 0.5) is 0 Å². The molecule has 0 atom stereocenters. The molecule has 0 rings (SSSR count). The monoisotopic (exact) mass is 254 g/mol. The third-order valence-electron chi connectivity index (χ3n) is 3.28. The summed E-state index contributed by atoms with van der Waals surface area (Å²) in [5, 5.41) is 0. The van der Waals surface area contributed by atoms with E-state index in [9.17, 15) is 0 Å². The number of unbranched alkanes of at least 4 members (excludes halogenated alkanes) is 10. The fraction of sp³-hybridized carbons (Fsp3) is 0.882. The molecule has 0 unspecified atom stereocenters. The highest BCUT2D eigenvalue weighted by Crippen LogP contribution is 2.07. The molecule has 0 aromatic carbocycles. The molecule has 18 heavy (non-hydrogen) atoms. The Morgan fingerprint density at radius 2 is 1.22 bits per heavy atom. The zero-order chi connectivity index (χ0) is 13.3. The molecule has 0 heterocycles. The lowest BCUT2D eigenvalue weighted by atomic mass is 10.1. The molecule has 0 aliphatic heterocycles. The third kappa shape index (κ3) is 15.5. The topological polar surface area (TPSA) is 9.23 Å². The molecular formula is C17H34O. The molecule has 0 bridgehead atoms. The van der Waals surface area contributed by atoms with Crippen LogP contribution in [0.3, 0.4) is 0 Å². The molecule has 0 saturated heterocycles. The van der Waals surface area contributed by atoms with Crippen molar-refractivity contribution in [2.75, 3.05) is 6.61 Å². The first-order chi connectivity index (χ1) is 8.91. The van der Waals surface area contributed by atoms with E-state index >= 15 is 0 Å². The smallest absolute Gasteiger partial charge is 0.0873 e. The van der Waals surface area contributed by atoms with Crippen molar-refractivity contribution in [2.24, 2.45) is 0 Å². The molecule has 0 aliphatic rings. The highest BCUT2D eigenvalue weighted by Gasteiger charge is 1.89. The number of allylic oxidation sites excluding steroid dienone is 1. The normalized spacial score (nSPS) is 11.2. The van der Waals surface area contributed by atoms with Gasteiger partial charge in [-0.25, -0.2) is 0 Å². The van der Waals surface area contributed by atoms with Gasteiger partial charge in [-0.2, -0.15) is 0 Å². The molecule has 0 spiro atoms. The minimum absolute atomic E-state index is 0.900. The fourth-order valence-electron chi connectivity index (χ4n) is 2.04. The SMILES string of the molecule is CCCCCCCCC=COCCCCCCC. The quantitative estimate of drug-likeness (QED) is 0.263. The Hall–Kier alpha value is -0.460. The van der Waals surface area contributed by atoms with Crippen LogP contribution in [-0.4, -0.2) is 6.61 Å². The second-order valence-electron chi connectivity index (χ2n) is 5.21. The second-order valence-corrected chi connectivity index (χ2v) is 5.21. The van der Waals surface area contributed by atoms with Crippen LogP contribution >= 0.6 is 0 Å². The maximum Gasteiger partial charge on any atom is 0.0873 e. The van der Waals surface area contributed by atoms with E-state index in [0.717, 1.165) is 6.61 Å². The van der Waals surface area contributed by atoms with Gasteiger partial charge in [0.1, 0.15) is 0 Å². The van der Waals surface area contributed by atoms with Gasteiger partial charge in [-0.05, 0) is 25.3 Å². The second kappa shape index (κ2) is 16.5. The summed E-state index contributed by atoms with van der Waals surface area (Å²) >= 11 is 0. The Morgan fingerprint density at radius 1 is 0.667 bits per heavy atom. The van der Waals surface area contributed by atoms with Crippen molar-refractivity contribution in [3.05, 3.63) is 12.3 Å². The van der Waals surface area contributed by atoms with Crippen LogP contribution in [0.1, 0.15) is 90.9 Å². The Kier molecular flexibility index (Phi) is 16.1. The van der Waals surface area contributed by atoms with Gasteiger partial charge in [0.15, 0.2) is 0 Å². The van der Waals surface area contributed by atoms with Gasteiger partial charge < -0.3 is 4.74 Å². The van der Waals surface area contributed by atoms with E-state index in [4.69, 9.17) is 4.74 Å². The average molecular weight is 254 g/mol. The summed E-state index contributed by atoms with van der Waals surface area (Å²) in [4.78, 5) is 0. The van der Waals surface area contributed by atoms with Crippen LogP contribution < -0.4 is 0 Å². The standard InChI is InChI=1S/C17H34O/c1-3-5-7-9-10-11-13-15-17-18-16-14-12-8-6-4-2/h15,17H,3-14,16H2,1-2H3. The molecule has 1 nitrogen and oxygen atoms in total. The van der Waals surface area contributed by atoms with E-state index in [1.54, 1.807) is 0 Å². The van der Waals surface area contributed by atoms with Crippen molar-refractivity contribution in [1.29, 1.82) is 0 Å². The zero-order valence-electron chi connectivity index (χ0n) is 12.8. The number of hydrogen-bond donors (Lipinski definition) is 0. The van der Waals surface area contributed by atoms with Crippen molar-refractivity contribution in [2.45, 2.75) is 90.9 Å². The molecule has 0 N–H and O–H groups in total. The van der Waals surface area contributed by atoms with Gasteiger partial charge >= 0.3 is 0 Å². The summed E-state index contributed by atoms with van der Waals surface area (Å²) in [5.74, 6) is 0. The molecule has 0 aliphatic carbocycles. The van der Waals surface area contributed by atoms with E-state index in [2.05, 4.69) is 19.9 Å². The van der Waals surface area contributed by atoms with Crippen molar-refractivity contribution in [3.63, 3.8) is 0 Å². The zero-order valence-corrected chi connectivity index (χ0v) is 12.8. The predicted octanol–water partition coefficient (Wildman–Crippen LogP) is 6.24. The van der Waals surface area contributed by atoms with Crippen molar-refractivity contribution in [1.82, 2.24) is 0 Å². The predicted molar refractivity (Wildman–Crippen MR) is 81.8 cm³/mol. The summed E-state index contributed by atoms with van der Waals surface area (Å²) in [5.41, 5.74) is 0. The largest absolute Gasteiger partial charge is 0.502 e. The van der Waals surface area contributed by atoms with Gasteiger partial charge in [0.25, 0.3) is 0 Å². The van der Waals surface area contributed by atoms with Gasteiger partial charge in [-0.3, -0.25) is 0 Å². The molecular weight excluding hydrogens is 220 g/mol. The van der Waals surface area contributed by atoms with Gasteiger partial charge in [-0.15, -0.1) is 0 Å². The Labute approximate surface area is 115 Å². The van der Waals surface area contributed by atoms with Crippen LogP contribution in [0, 0.1) is 0 Å². The molecule has 0 radical (unpaired) electrons. The molecule has 1 heteroatoms. The Bertz CT molecular complexity index is 145. The molecule has 0 aromatic heterocycles. The summed E-state index contributed by atoms with van der Waals surface area (Å²) in [6.45, 7) is 5.42. The van der Waals surface area contributed by atoms with Crippen LogP contribution in [-0.2, 0) is 4.74 Å². The van der Waals surface area contributed by atoms with Gasteiger partial charge in [0, 0.05) is 0 Å². The Morgan fingerprint density at radius 3 is 1.89 bits per heavy atom. The van der Waals surface area contributed by atoms with E-state index in [0.29, 0.717) is 0 Å². The fourth-order valence-corrected chi connectivity index (χ4v) is 2.04. The number of rotatable bonds is 14. The molecule has 0 saturated carbocycles. The summed E-state index contributed by atoms with van der Waals surface area (Å²) < 4.78 is 5.48. The highest BCUT2D eigenvalue weighted by atomic mass is 16.5. The summed E-state index contributed by atoms with van der Waals surface area (Å²) in [6.07, 6.45) is 20.1. The van der Waals surface area contributed by atoms with Gasteiger partial charge in [0.2, 0.25) is 0 Å². The third-order valence-corrected chi connectivity index (χ3v) is 3.28. The van der Waals surface area contributed by atoms with E-state index in [1.165, 1.54) is 77.0 Å². The first-order valence-corrected chi connectivity index (χ1v) is 8.18. The average Bonchev–Trinajstić information content (AvgIpc) is 2.39. The summed E-state index contributed by atoms with van der Waals surface area (Å²) in [7, 11) is 0. The van der Waals surface area contributed by atoms with Gasteiger partial charge in [0.05, 0.1) is 12.9 Å². The van der Waals surface area contributed by atoms with E-state index in [-0.39, 0.29) is 0 Å². The van der Waals surface area contributed by atoms with Crippen LogP contribution in [0.2, 0.25) is 0 Å². The van der Waals surface area contributed by atoms with E-state index < -0.39 is 0 Å². The van der Waals surface area contributed by atoms with Crippen LogP contribution in [0.15, 0.2) is 12.3 Å². The Balaban J connectivity index is 3.00. The number of hydrogen-bond acceptors (Lipinski definition) is 1. The van der Waals surface area contributed by atoms with Gasteiger partial charge in [-0.1, -0.05) is 71.6 Å². The molecule has 0 aromatic rings. The summed E-state index contributed by atoms with van der Waals surface area (Å²) in [6, 6.07) is 0. The van der Waals surface area contributed by atoms with Crippen LogP contribution in [0.25, 0.3) is 0 Å². The van der Waals surface area contributed by atoms with Crippen molar-refractivity contribution < 1.29 is 4.74 Å². The minimum Gasteiger partial charge on any atom is -0.502 e. The lowest BCUT2D eigenvalue weighted by Crippen LogP contribution is -1.87. The minimum atomic E-state index is 0.900. The molecule has 0 amide bonds. The maximum atomic E-state index is 5.48. The molecule has 0 fully saturated rings.